The summed E-state index contributed by atoms with van der Waals surface area (Å²) in [6, 6.07) is 14.5. The minimum absolute atomic E-state index is 0.294. The molecule has 0 aliphatic rings. The first kappa shape index (κ1) is 22.7. The highest BCUT2D eigenvalue weighted by molar-refractivity contribution is 7.92. The number of nitrogens with zero attached hydrogens (tertiary/aromatic N) is 2. The first-order valence-corrected chi connectivity index (χ1v) is 11.6. The standard InChI is InChI=1S/C22H31N3O3S/c1-6-21(22(26)23-14-15-24(4)19-10-8-7-9-11-19)25(29(5,27)28)20-13-12-17(2)18(3)16-20/h7-13,16,21H,6,14-15H2,1-5H3,(H,23,26)/t21-/m0/s1. The molecular weight excluding hydrogens is 386 g/mol. The molecule has 1 amide bonds. The molecule has 0 radical (unpaired) electrons. The van der Waals surface area contributed by atoms with Crippen LogP contribution >= 0.6 is 0 Å². The van der Waals surface area contributed by atoms with Gasteiger partial charge in [0, 0.05) is 25.8 Å². The van der Waals surface area contributed by atoms with Crippen molar-refractivity contribution in [1.82, 2.24) is 5.32 Å². The van der Waals surface area contributed by atoms with E-state index in [0.29, 0.717) is 25.2 Å². The molecule has 0 bridgehead atoms. The topological polar surface area (TPSA) is 69.7 Å². The Morgan fingerprint density at radius 2 is 1.69 bits per heavy atom. The Bertz CT molecular complexity index is 930. The lowest BCUT2D eigenvalue weighted by molar-refractivity contribution is -0.122. The van der Waals surface area contributed by atoms with E-state index in [9.17, 15) is 13.2 Å². The SMILES string of the molecule is CC[C@@H](C(=O)NCCN(C)c1ccccc1)N(c1ccc(C)c(C)c1)S(C)(=O)=O. The van der Waals surface area contributed by atoms with Gasteiger partial charge < -0.3 is 10.2 Å². The molecule has 0 heterocycles. The molecule has 0 aliphatic heterocycles. The van der Waals surface area contributed by atoms with Gasteiger partial charge in [0.05, 0.1) is 11.9 Å². The van der Waals surface area contributed by atoms with Gasteiger partial charge in [-0.2, -0.15) is 0 Å². The van der Waals surface area contributed by atoms with Gasteiger partial charge in [-0.25, -0.2) is 8.42 Å². The third-order valence-electron chi connectivity index (χ3n) is 5.02. The van der Waals surface area contributed by atoms with Crippen molar-refractivity contribution in [3.8, 4) is 0 Å². The zero-order valence-corrected chi connectivity index (χ0v) is 18.7. The van der Waals surface area contributed by atoms with Crippen LogP contribution in [-0.2, 0) is 14.8 Å². The Morgan fingerprint density at radius 1 is 1.03 bits per heavy atom. The average Bonchev–Trinajstić information content (AvgIpc) is 2.67. The van der Waals surface area contributed by atoms with E-state index < -0.39 is 16.1 Å². The van der Waals surface area contributed by atoms with Gasteiger partial charge in [-0.3, -0.25) is 9.10 Å². The number of aryl methyl sites for hydroxylation is 2. The molecule has 0 saturated heterocycles. The Balaban J connectivity index is 2.13. The number of hydrogen-bond donors (Lipinski definition) is 1. The van der Waals surface area contributed by atoms with Crippen molar-refractivity contribution in [1.29, 1.82) is 0 Å². The third kappa shape index (κ3) is 5.97. The van der Waals surface area contributed by atoms with Gasteiger partial charge in [0.15, 0.2) is 0 Å². The van der Waals surface area contributed by atoms with E-state index in [1.54, 1.807) is 6.07 Å². The van der Waals surface area contributed by atoms with Gasteiger partial charge in [-0.05, 0) is 55.7 Å². The largest absolute Gasteiger partial charge is 0.373 e. The van der Waals surface area contributed by atoms with Gasteiger partial charge in [-0.1, -0.05) is 31.2 Å². The van der Waals surface area contributed by atoms with Crippen molar-refractivity contribution in [2.45, 2.75) is 33.2 Å². The highest BCUT2D eigenvalue weighted by atomic mass is 32.2. The first-order chi connectivity index (χ1) is 13.6. The molecule has 0 aromatic heterocycles. The number of amides is 1. The van der Waals surface area contributed by atoms with Crippen molar-refractivity contribution in [3.05, 3.63) is 59.7 Å². The lowest BCUT2D eigenvalue weighted by Crippen LogP contribution is -2.50. The van der Waals surface area contributed by atoms with Gasteiger partial charge in [-0.15, -0.1) is 0 Å². The van der Waals surface area contributed by atoms with Gasteiger partial charge in [0.2, 0.25) is 15.9 Å². The summed E-state index contributed by atoms with van der Waals surface area (Å²) in [7, 11) is -1.67. The summed E-state index contributed by atoms with van der Waals surface area (Å²) in [5, 5.41) is 2.90. The van der Waals surface area contributed by atoms with E-state index >= 15 is 0 Å². The van der Waals surface area contributed by atoms with Crippen LogP contribution in [0.4, 0.5) is 11.4 Å². The zero-order chi connectivity index (χ0) is 21.6. The zero-order valence-electron chi connectivity index (χ0n) is 17.8. The van der Waals surface area contributed by atoms with Crippen LogP contribution in [0.2, 0.25) is 0 Å². The fourth-order valence-electron chi connectivity index (χ4n) is 3.20. The van der Waals surface area contributed by atoms with Crippen LogP contribution in [0.3, 0.4) is 0 Å². The molecule has 2 aromatic carbocycles. The Labute approximate surface area is 174 Å². The quantitative estimate of drug-likeness (QED) is 0.681. The van der Waals surface area contributed by atoms with E-state index in [4.69, 9.17) is 0 Å². The summed E-state index contributed by atoms with van der Waals surface area (Å²) in [6.45, 7) is 6.76. The highest BCUT2D eigenvalue weighted by Crippen LogP contribution is 2.25. The number of hydrogen-bond acceptors (Lipinski definition) is 4. The number of anilines is 2. The predicted octanol–water partition coefficient (Wildman–Crippen LogP) is 3.10. The molecule has 0 spiro atoms. The molecule has 1 N–H and O–H groups in total. The van der Waals surface area contributed by atoms with Gasteiger partial charge in [0.1, 0.15) is 6.04 Å². The van der Waals surface area contributed by atoms with Crippen LogP contribution in [0.15, 0.2) is 48.5 Å². The first-order valence-electron chi connectivity index (χ1n) is 9.75. The minimum atomic E-state index is -3.63. The third-order valence-corrected chi connectivity index (χ3v) is 6.20. The second-order valence-electron chi connectivity index (χ2n) is 7.30. The minimum Gasteiger partial charge on any atom is -0.373 e. The molecule has 0 fully saturated rings. The smallest absolute Gasteiger partial charge is 0.243 e. The number of likely N-dealkylation sites (N-methyl/N-ethyl adjacent to an activating group) is 1. The number of nitrogens with one attached hydrogen (secondary N) is 1. The maximum Gasteiger partial charge on any atom is 0.243 e. The molecule has 7 heteroatoms. The van der Waals surface area contributed by atoms with Gasteiger partial charge >= 0.3 is 0 Å². The summed E-state index contributed by atoms with van der Waals surface area (Å²) in [5.41, 5.74) is 3.63. The second kappa shape index (κ2) is 9.78. The van der Waals surface area contributed by atoms with Crippen molar-refractivity contribution in [3.63, 3.8) is 0 Å². The average molecular weight is 418 g/mol. The number of carbonyl (C=O) groups excluding carboxylic acids is 1. The van der Waals surface area contributed by atoms with Crippen LogP contribution < -0.4 is 14.5 Å². The normalized spacial score (nSPS) is 12.3. The van der Waals surface area contributed by atoms with Crippen molar-refractivity contribution in [2.24, 2.45) is 0 Å². The molecule has 0 unspecified atom stereocenters. The maximum absolute atomic E-state index is 12.9. The molecule has 29 heavy (non-hydrogen) atoms. The number of benzene rings is 2. The summed E-state index contributed by atoms with van der Waals surface area (Å²) < 4.78 is 26.3. The van der Waals surface area contributed by atoms with E-state index in [1.807, 2.05) is 75.2 Å². The number of para-hydroxylation sites is 1. The summed E-state index contributed by atoms with van der Waals surface area (Å²) in [5.74, 6) is -0.294. The molecule has 6 nitrogen and oxygen atoms in total. The second-order valence-corrected chi connectivity index (χ2v) is 9.16. The number of sulfonamides is 1. The monoisotopic (exact) mass is 417 g/mol. The number of carbonyl (C=O) groups is 1. The predicted molar refractivity (Wildman–Crippen MR) is 120 cm³/mol. The summed E-state index contributed by atoms with van der Waals surface area (Å²) in [6.07, 6.45) is 1.52. The van der Waals surface area contributed by atoms with Crippen LogP contribution in [-0.4, -0.2) is 46.8 Å². The van der Waals surface area contributed by atoms with E-state index in [0.717, 1.165) is 23.1 Å². The van der Waals surface area contributed by atoms with E-state index in [1.165, 1.54) is 4.31 Å². The highest BCUT2D eigenvalue weighted by Gasteiger charge is 2.31. The van der Waals surface area contributed by atoms with Crippen LogP contribution in [0.1, 0.15) is 24.5 Å². The summed E-state index contributed by atoms with van der Waals surface area (Å²) in [4.78, 5) is 14.9. The molecule has 2 aromatic rings. The molecular formula is C22H31N3O3S. The van der Waals surface area contributed by atoms with Gasteiger partial charge in [0.25, 0.3) is 0 Å². The Kier molecular flexibility index (Phi) is 7.67. The molecule has 158 valence electrons. The molecule has 0 aliphatic carbocycles. The summed E-state index contributed by atoms with van der Waals surface area (Å²) >= 11 is 0. The molecule has 0 saturated carbocycles. The van der Waals surface area contributed by atoms with Crippen LogP contribution in [0, 0.1) is 13.8 Å². The van der Waals surface area contributed by atoms with Crippen LogP contribution in [0.25, 0.3) is 0 Å². The maximum atomic E-state index is 12.9. The lowest BCUT2D eigenvalue weighted by atomic mass is 10.1. The lowest BCUT2D eigenvalue weighted by Gasteiger charge is -2.30. The Hall–Kier alpha value is -2.54. The van der Waals surface area contributed by atoms with E-state index in [2.05, 4.69) is 5.32 Å². The fourth-order valence-corrected chi connectivity index (χ4v) is 4.40. The Morgan fingerprint density at radius 3 is 2.24 bits per heavy atom. The number of rotatable bonds is 9. The van der Waals surface area contributed by atoms with Crippen molar-refractivity contribution < 1.29 is 13.2 Å². The molecule has 2 rings (SSSR count). The fraction of sp³-hybridized carbons (Fsp3) is 0.409. The van der Waals surface area contributed by atoms with Crippen molar-refractivity contribution in [2.75, 3.05) is 35.6 Å². The molecule has 1 atom stereocenters. The van der Waals surface area contributed by atoms with Crippen molar-refractivity contribution >= 4 is 27.3 Å². The van der Waals surface area contributed by atoms with Crippen LogP contribution in [0.5, 0.6) is 0 Å². The van der Waals surface area contributed by atoms with E-state index in [-0.39, 0.29) is 5.91 Å².